The zero-order chi connectivity index (χ0) is 29.3. The average molecular weight is 585 g/mol. The van der Waals surface area contributed by atoms with E-state index in [0.29, 0.717) is 35.5 Å². The number of nitrogens with zero attached hydrogens (tertiary/aromatic N) is 1. The predicted octanol–water partition coefficient (Wildman–Crippen LogP) is 6.74. The Bertz CT molecular complexity index is 1430. The van der Waals surface area contributed by atoms with Gasteiger partial charge in [0.25, 0.3) is 5.91 Å². The monoisotopic (exact) mass is 584 g/mol. The molecule has 7 heteroatoms. The summed E-state index contributed by atoms with van der Waals surface area (Å²) in [6, 6.07) is 29.2. The van der Waals surface area contributed by atoms with Crippen LogP contribution in [0.4, 0.5) is 0 Å². The molecule has 1 aliphatic heterocycles. The van der Waals surface area contributed by atoms with Crippen LogP contribution >= 0.6 is 11.6 Å². The van der Waals surface area contributed by atoms with E-state index >= 15 is 0 Å². The molecule has 2 heterocycles. The number of benzene rings is 3. The Morgan fingerprint density at radius 3 is 2.50 bits per heavy atom. The fraction of sp³-hybridized carbons (Fsp3) is 0.343. The molecule has 1 unspecified atom stereocenters. The summed E-state index contributed by atoms with van der Waals surface area (Å²) in [4.78, 5) is 15.5. The molecule has 4 aromatic rings. The van der Waals surface area contributed by atoms with Gasteiger partial charge < -0.3 is 20.4 Å². The van der Waals surface area contributed by atoms with Gasteiger partial charge in [-0.25, -0.2) is 0 Å². The fourth-order valence-corrected chi connectivity index (χ4v) is 5.60. The topological polar surface area (TPSA) is 69.5 Å². The Kier molecular flexibility index (Phi) is 10.5. The first-order valence-electron chi connectivity index (χ1n) is 14.9. The van der Waals surface area contributed by atoms with Crippen molar-refractivity contribution in [1.29, 1.82) is 0 Å². The van der Waals surface area contributed by atoms with Crippen molar-refractivity contribution in [3.05, 3.63) is 118 Å². The van der Waals surface area contributed by atoms with E-state index in [4.69, 9.17) is 16.0 Å². The summed E-state index contributed by atoms with van der Waals surface area (Å²) in [5.74, 6) is 1.37. The number of halogens is 1. The van der Waals surface area contributed by atoms with E-state index in [9.17, 15) is 4.79 Å². The standard InChI is InChI=1S/C35H41ClN4O2/c1-25-8-10-28(11-9-25)26(2)39-23-31-13-15-34(42-31)29-12-14-33(36)32(22-29)35(41)38-19-18-37-30-16-20-40(21-17-30)24-27-6-4-3-5-7-27/h3-15,22,26,30,37,39H,16-21,23-24H2,1-2H3,(H,38,41). The molecular weight excluding hydrogens is 544 g/mol. The number of rotatable bonds is 12. The van der Waals surface area contributed by atoms with Crippen LogP contribution in [0.1, 0.15) is 58.6 Å². The lowest BCUT2D eigenvalue weighted by Gasteiger charge is -2.32. The Morgan fingerprint density at radius 2 is 1.74 bits per heavy atom. The molecule has 1 aromatic heterocycles. The Hall–Kier alpha value is -3.42. The second-order valence-corrected chi connectivity index (χ2v) is 11.6. The SMILES string of the molecule is Cc1ccc(C(C)NCc2ccc(-c3ccc(Cl)c(C(=O)NCCNC4CCN(Cc5ccccc5)CC4)c3)o2)cc1. The number of piperidine rings is 1. The molecule has 3 aromatic carbocycles. The molecule has 1 atom stereocenters. The molecule has 5 rings (SSSR count). The van der Waals surface area contributed by atoms with Crippen LogP contribution in [0.15, 0.2) is 89.3 Å². The van der Waals surface area contributed by atoms with E-state index < -0.39 is 0 Å². The van der Waals surface area contributed by atoms with Crippen molar-refractivity contribution in [2.24, 2.45) is 0 Å². The van der Waals surface area contributed by atoms with Gasteiger partial charge in [0.05, 0.1) is 17.1 Å². The molecule has 0 bridgehead atoms. The molecule has 1 saturated heterocycles. The highest BCUT2D eigenvalue weighted by Crippen LogP contribution is 2.27. The highest BCUT2D eigenvalue weighted by Gasteiger charge is 2.19. The number of amides is 1. The van der Waals surface area contributed by atoms with E-state index in [0.717, 1.165) is 50.3 Å². The van der Waals surface area contributed by atoms with E-state index in [2.05, 4.69) is 89.3 Å². The van der Waals surface area contributed by atoms with Gasteiger partial charge in [-0.1, -0.05) is 71.8 Å². The summed E-state index contributed by atoms with van der Waals surface area (Å²) in [5.41, 5.74) is 5.12. The molecule has 0 saturated carbocycles. The molecule has 220 valence electrons. The molecule has 1 aliphatic rings. The van der Waals surface area contributed by atoms with Gasteiger partial charge in [0.15, 0.2) is 0 Å². The highest BCUT2D eigenvalue weighted by atomic mass is 35.5. The lowest BCUT2D eigenvalue weighted by Crippen LogP contribution is -2.44. The molecule has 1 amide bonds. The molecular formula is C35H41ClN4O2. The fourth-order valence-electron chi connectivity index (χ4n) is 5.39. The first-order chi connectivity index (χ1) is 20.4. The van der Waals surface area contributed by atoms with Gasteiger partial charge in [0.2, 0.25) is 0 Å². The third kappa shape index (κ3) is 8.33. The maximum atomic E-state index is 13.0. The number of aryl methyl sites for hydroxylation is 1. The van der Waals surface area contributed by atoms with Crippen molar-refractivity contribution >= 4 is 17.5 Å². The minimum absolute atomic E-state index is 0.179. The summed E-state index contributed by atoms with van der Waals surface area (Å²) >= 11 is 6.42. The quantitative estimate of drug-likeness (QED) is 0.161. The molecule has 1 fully saturated rings. The number of nitrogens with one attached hydrogen (secondary N) is 3. The number of likely N-dealkylation sites (tertiary alicyclic amines) is 1. The first kappa shape index (κ1) is 30.1. The van der Waals surface area contributed by atoms with Crippen LogP contribution in [0, 0.1) is 6.92 Å². The summed E-state index contributed by atoms with van der Waals surface area (Å²) in [7, 11) is 0. The van der Waals surface area contributed by atoms with Crippen LogP contribution in [-0.4, -0.2) is 43.0 Å². The maximum absolute atomic E-state index is 13.0. The van der Waals surface area contributed by atoms with Crippen LogP contribution in [-0.2, 0) is 13.1 Å². The van der Waals surface area contributed by atoms with Gasteiger partial charge in [-0.3, -0.25) is 9.69 Å². The molecule has 0 spiro atoms. The third-order valence-electron chi connectivity index (χ3n) is 8.00. The smallest absolute Gasteiger partial charge is 0.252 e. The van der Waals surface area contributed by atoms with Crippen molar-refractivity contribution < 1.29 is 9.21 Å². The summed E-state index contributed by atoms with van der Waals surface area (Å²) in [6.07, 6.45) is 2.22. The van der Waals surface area contributed by atoms with Gasteiger partial charge in [-0.05, 0) is 81.2 Å². The first-order valence-corrected chi connectivity index (χ1v) is 15.3. The minimum atomic E-state index is -0.179. The van der Waals surface area contributed by atoms with Gasteiger partial charge >= 0.3 is 0 Å². The zero-order valence-electron chi connectivity index (χ0n) is 24.5. The maximum Gasteiger partial charge on any atom is 0.252 e. The van der Waals surface area contributed by atoms with E-state index in [1.54, 1.807) is 12.1 Å². The van der Waals surface area contributed by atoms with E-state index in [1.807, 2.05) is 18.2 Å². The number of hydrogen-bond donors (Lipinski definition) is 3. The predicted molar refractivity (Wildman–Crippen MR) is 171 cm³/mol. The third-order valence-corrected chi connectivity index (χ3v) is 8.33. The molecule has 0 radical (unpaired) electrons. The highest BCUT2D eigenvalue weighted by molar-refractivity contribution is 6.34. The van der Waals surface area contributed by atoms with E-state index in [1.165, 1.54) is 16.7 Å². The van der Waals surface area contributed by atoms with Gasteiger partial charge in [-0.15, -0.1) is 0 Å². The van der Waals surface area contributed by atoms with Crippen LogP contribution in [0.2, 0.25) is 5.02 Å². The Balaban J connectivity index is 1.06. The van der Waals surface area contributed by atoms with Crippen LogP contribution in [0.25, 0.3) is 11.3 Å². The van der Waals surface area contributed by atoms with Crippen molar-refractivity contribution in [2.45, 2.75) is 51.9 Å². The number of carbonyl (C=O) groups excluding carboxylic acids is 1. The Labute approximate surface area is 254 Å². The lowest BCUT2D eigenvalue weighted by atomic mass is 10.0. The van der Waals surface area contributed by atoms with Crippen molar-refractivity contribution in [3.63, 3.8) is 0 Å². The second-order valence-electron chi connectivity index (χ2n) is 11.2. The van der Waals surface area contributed by atoms with Gasteiger partial charge in [-0.2, -0.15) is 0 Å². The Morgan fingerprint density at radius 1 is 0.976 bits per heavy atom. The van der Waals surface area contributed by atoms with Crippen LogP contribution in [0.5, 0.6) is 0 Å². The molecule has 42 heavy (non-hydrogen) atoms. The summed E-state index contributed by atoms with van der Waals surface area (Å²) < 4.78 is 6.11. The number of hydrogen-bond acceptors (Lipinski definition) is 5. The molecule has 3 N–H and O–H groups in total. The molecule has 6 nitrogen and oxygen atoms in total. The van der Waals surface area contributed by atoms with Crippen LogP contribution < -0.4 is 16.0 Å². The average Bonchev–Trinajstić information content (AvgIpc) is 3.49. The van der Waals surface area contributed by atoms with Gasteiger partial charge in [0, 0.05) is 37.3 Å². The van der Waals surface area contributed by atoms with E-state index in [-0.39, 0.29) is 11.9 Å². The molecule has 0 aliphatic carbocycles. The largest absolute Gasteiger partial charge is 0.460 e. The van der Waals surface area contributed by atoms with Gasteiger partial charge in [0.1, 0.15) is 11.5 Å². The number of carbonyl (C=O) groups is 1. The summed E-state index contributed by atoms with van der Waals surface area (Å²) in [5, 5.41) is 10.6. The zero-order valence-corrected chi connectivity index (χ0v) is 25.3. The normalized spacial score (nSPS) is 15.0. The van der Waals surface area contributed by atoms with Crippen molar-refractivity contribution in [2.75, 3.05) is 26.2 Å². The summed E-state index contributed by atoms with van der Waals surface area (Å²) in [6.45, 7) is 9.27. The van der Waals surface area contributed by atoms with Crippen molar-refractivity contribution in [3.8, 4) is 11.3 Å². The second kappa shape index (κ2) is 14.7. The minimum Gasteiger partial charge on any atom is -0.460 e. The van der Waals surface area contributed by atoms with Crippen molar-refractivity contribution in [1.82, 2.24) is 20.9 Å². The lowest BCUT2D eigenvalue weighted by molar-refractivity contribution is 0.0953. The number of furan rings is 1. The van der Waals surface area contributed by atoms with Crippen LogP contribution in [0.3, 0.4) is 0 Å².